The van der Waals surface area contributed by atoms with E-state index >= 15 is 0 Å². The summed E-state index contributed by atoms with van der Waals surface area (Å²) in [5, 5.41) is 9.55. The van der Waals surface area contributed by atoms with E-state index in [1.54, 1.807) is 19.5 Å². The number of anilines is 3. The lowest BCUT2D eigenvalue weighted by Crippen LogP contribution is -2.37. The molecule has 0 spiro atoms. The Bertz CT molecular complexity index is 1770. The maximum absolute atomic E-state index is 13.9. The molecule has 266 valence electrons. The van der Waals surface area contributed by atoms with Crippen LogP contribution in [0.3, 0.4) is 0 Å². The summed E-state index contributed by atoms with van der Waals surface area (Å²) in [5.74, 6) is 0.866. The number of aromatic nitrogens is 2. The largest absolute Gasteiger partial charge is 0.493 e. The van der Waals surface area contributed by atoms with Crippen molar-refractivity contribution in [1.82, 2.24) is 15.2 Å². The Kier molecular flexibility index (Phi) is 13.0. The van der Waals surface area contributed by atoms with Crippen LogP contribution in [-0.4, -0.2) is 74.9 Å². The van der Waals surface area contributed by atoms with Crippen molar-refractivity contribution >= 4 is 51.6 Å². The number of fused-ring (bicyclic) bond motifs is 1. The molecule has 1 atom stereocenters. The summed E-state index contributed by atoms with van der Waals surface area (Å²) >= 11 is 6.07. The molecule has 2 heterocycles. The Balaban J connectivity index is 1.33. The van der Waals surface area contributed by atoms with Gasteiger partial charge in [0, 0.05) is 55.6 Å². The van der Waals surface area contributed by atoms with Crippen molar-refractivity contribution in [3.05, 3.63) is 77.3 Å². The van der Waals surface area contributed by atoms with E-state index in [-0.39, 0.29) is 16.8 Å². The van der Waals surface area contributed by atoms with Crippen molar-refractivity contribution in [3.8, 4) is 11.5 Å². The van der Waals surface area contributed by atoms with Gasteiger partial charge in [-0.05, 0) is 60.1 Å². The highest BCUT2D eigenvalue weighted by Crippen LogP contribution is 2.35. The van der Waals surface area contributed by atoms with E-state index in [1.807, 2.05) is 47.9 Å². The van der Waals surface area contributed by atoms with Gasteiger partial charge in [-0.2, -0.15) is 0 Å². The number of carbonyl (C=O) groups is 2. The van der Waals surface area contributed by atoms with Crippen LogP contribution in [0.25, 0.3) is 10.9 Å². The maximum atomic E-state index is 13.9. The third-order valence-electron chi connectivity index (χ3n) is 8.47. The lowest BCUT2D eigenvalue weighted by molar-refractivity contribution is -0.665. The average molecular weight is 709 g/mol. The first kappa shape index (κ1) is 36.6. The minimum atomic E-state index is -0.573. The predicted molar refractivity (Wildman–Crippen MR) is 191 cm³/mol. The number of methoxy groups -OCH3 is 1. The number of primary amides is 1. The zero-order chi connectivity index (χ0) is 35.5. The third-order valence-corrected chi connectivity index (χ3v) is 8.76. The SMILES string of the molecule is COc1cc2c(cc1OCCCN1CCOCC1)c(Nc1ccc(F)c(Cl)c1)nc[n+]2Cc1ccc(NC(=O)[C@@H](C)CCCNC(N)=O)cc1. The normalized spacial score (nSPS) is 13.8. The highest BCUT2D eigenvalue weighted by atomic mass is 35.5. The number of hydrogen-bond donors (Lipinski definition) is 4. The second kappa shape index (κ2) is 17.8. The molecular formula is C36H44ClFN7O5+. The zero-order valence-electron chi connectivity index (χ0n) is 28.3. The fourth-order valence-corrected chi connectivity index (χ4v) is 5.83. The van der Waals surface area contributed by atoms with Gasteiger partial charge in [-0.25, -0.2) is 13.8 Å². The lowest BCUT2D eigenvalue weighted by atomic mass is 10.0. The van der Waals surface area contributed by atoms with E-state index < -0.39 is 11.8 Å². The van der Waals surface area contributed by atoms with Crippen LogP contribution in [0.15, 0.2) is 60.9 Å². The number of nitrogens with one attached hydrogen (secondary N) is 3. The molecule has 0 bridgehead atoms. The van der Waals surface area contributed by atoms with E-state index in [1.165, 1.54) is 12.1 Å². The molecule has 1 saturated heterocycles. The Labute approximate surface area is 296 Å². The molecule has 0 radical (unpaired) electrons. The van der Waals surface area contributed by atoms with Gasteiger partial charge in [-0.3, -0.25) is 9.69 Å². The van der Waals surface area contributed by atoms with Gasteiger partial charge in [-0.15, -0.1) is 0 Å². The number of hydrogen-bond acceptors (Lipinski definition) is 8. The van der Waals surface area contributed by atoms with Crippen molar-refractivity contribution in [2.45, 2.75) is 32.7 Å². The topological polar surface area (TPSA) is 144 Å². The van der Waals surface area contributed by atoms with Gasteiger partial charge < -0.3 is 35.9 Å². The highest BCUT2D eigenvalue weighted by molar-refractivity contribution is 6.31. The number of benzene rings is 3. The summed E-state index contributed by atoms with van der Waals surface area (Å²) in [6.07, 6.45) is 3.83. The molecule has 12 nitrogen and oxygen atoms in total. The number of rotatable bonds is 16. The number of nitrogens with two attached hydrogens (primary N) is 1. The first-order chi connectivity index (χ1) is 24.2. The van der Waals surface area contributed by atoms with Crippen molar-refractivity contribution in [2.24, 2.45) is 11.7 Å². The van der Waals surface area contributed by atoms with Crippen molar-refractivity contribution in [3.63, 3.8) is 0 Å². The molecule has 3 amide bonds. The smallest absolute Gasteiger partial charge is 0.312 e. The third kappa shape index (κ3) is 10.2. The molecule has 0 saturated carbocycles. The van der Waals surface area contributed by atoms with Crippen LogP contribution >= 0.6 is 11.6 Å². The average Bonchev–Trinajstić information content (AvgIpc) is 3.12. The van der Waals surface area contributed by atoms with E-state index in [4.69, 9.17) is 36.5 Å². The first-order valence-corrected chi connectivity index (χ1v) is 17.1. The molecule has 4 aromatic rings. The standard InChI is InChI=1S/C36H43ClFN7O5/c1-24(5-3-12-40-36(39)47)35(46)43-26-8-6-25(7-9-26)22-45-23-41-34(42-27-10-11-30(38)29(37)19-27)28-20-33(32(48-2)21-31(28)45)50-16-4-13-44-14-17-49-18-15-44/h6-11,19-21,23-24H,3-5,12-18,22H2,1-2H3,(H4,39,40,43,46,47)/p+1/t24-/m0/s1. The Hall–Kier alpha value is -4.72. The number of carbonyl (C=O) groups excluding carboxylic acids is 2. The monoisotopic (exact) mass is 708 g/mol. The van der Waals surface area contributed by atoms with E-state index in [0.29, 0.717) is 61.2 Å². The van der Waals surface area contributed by atoms with E-state index in [0.717, 1.165) is 55.7 Å². The van der Waals surface area contributed by atoms with Gasteiger partial charge in [0.15, 0.2) is 11.5 Å². The van der Waals surface area contributed by atoms with Crippen molar-refractivity contribution < 1.29 is 32.8 Å². The molecule has 0 aliphatic carbocycles. The van der Waals surface area contributed by atoms with Crippen LogP contribution in [0, 0.1) is 11.7 Å². The highest BCUT2D eigenvalue weighted by Gasteiger charge is 2.21. The molecular weight excluding hydrogens is 665 g/mol. The van der Waals surface area contributed by atoms with Crippen LogP contribution in [-0.2, 0) is 16.1 Å². The molecule has 1 aliphatic rings. The van der Waals surface area contributed by atoms with Crippen LogP contribution in [0.5, 0.6) is 11.5 Å². The molecule has 0 unspecified atom stereocenters. The van der Waals surface area contributed by atoms with Crippen molar-refractivity contribution in [2.75, 3.05) is 63.7 Å². The van der Waals surface area contributed by atoms with Crippen LogP contribution in [0.2, 0.25) is 5.02 Å². The molecule has 3 aromatic carbocycles. The fourth-order valence-electron chi connectivity index (χ4n) is 5.65. The molecule has 14 heteroatoms. The van der Waals surface area contributed by atoms with E-state index in [2.05, 4.69) is 20.9 Å². The van der Waals surface area contributed by atoms with Gasteiger partial charge in [-0.1, -0.05) is 30.7 Å². The number of ether oxygens (including phenoxy) is 3. The molecule has 5 rings (SSSR count). The van der Waals surface area contributed by atoms with Gasteiger partial charge in [0.2, 0.25) is 5.91 Å². The molecule has 5 N–H and O–H groups in total. The molecule has 50 heavy (non-hydrogen) atoms. The lowest BCUT2D eigenvalue weighted by Gasteiger charge is -2.26. The van der Waals surface area contributed by atoms with Gasteiger partial charge in [0.25, 0.3) is 12.1 Å². The molecule has 1 aliphatic heterocycles. The Morgan fingerprint density at radius 3 is 2.56 bits per heavy atom. The number of urea groups is 1. The Morgan fingerprint density at radius 2 is 1.84 bits per heavy atom. The molecule has 1 fully saturated rings. The Morgan fingerprint density at radius 1 is 1.08 bits per heavy atom. The van der Waals surface area contributed by atoms with E-state index in [9.17, 15) is 14.0 Å². The van der Waals surface area contributed by atoms with Crippen LogP contribution in [0.4, 0.5) is 26.4 Å². The number of nitrogens with zero attached hydrogens (tertiary/aromatic N) is 3. The van der Waals surface area contributed by atoms with Crippen LogP contribution < -0.4 is 35.7 Å². The maximum Gasteiger partial charge on any atom is 0.312 e. The van der Waals surface area contributed by atoms with Gasteiger partial charge in [0.05, 0.1) is 37.3 Å². The second-order valence-corrected chi connectivity index (χ2v) is 12.6. The summed E-state index contributed by atoms with van der Waals surface area (Å²) in [6.45, 7) is 7.51. The zero-order valence-corrected chi connectivity index (χ0v) is 29.1. The number of halogens is 2. The van der Waals surface area contributed by atoms with Crippen LogP contribution in [0.1, 0.15) is 31.7 Å². The number of morpholine rings is 1. The second-order valence-electron chi connectivity index (χ2n) is 12.2. The van der Waals surface area contributed by atoms with Gasteiger partial charge in [0.1, 0.15) is 17.9 Å². The summed E-state index contributed by atoms with van der Waals surface area (Å²) in [4.78, 5) is 30.7. The number of amides is 3. The summed E-state index contributed by atoms with van der Waals surface area (Å²) in [7, 11) is 1.61. The van der Waals surface area contributed by atoms with Crippen molar-refractivity contribution in [1.29, 1.82) is 0 Å². The summed E-state index contributed by atoms with van der Waals surface area (Å²) in [6, 6.07) is 15.3. The summed E-state index contributed by atoms with van der Waals surface area (Å²) < 4.78 is 33.4. The minimum Gasteiger partial charge on any atom is -0.493 e. The fraction of sp³-hybridized carbons (Fsp3) is 0.389. The molecule has 1 aromatic heterocycles. The summed E-state index contributed by atoms with van der Waals surface area (Å²) in [5.41, 5.74) is 8.17. The quantitative estimate of drug-likeness (QED) is 0.0915. The van der Waals surface area contributed by atoms with Gasteiger partial charge >= 0.3 is 6.03 Å². The minimum absolute atomic E-state index is 0.00264. The predicted octanol–water partition coefficient (Wildman–Crippen LogP) is 5.24. The first-order valence-electron chi connectivity index (χ1n) is 16.7.